The van der Waals surface area contributed by atoms with Crippen LogP contribution in [0.4, 0.5) is 17.2 Å². The van der Waals surface area contributed by atoms with E-state index in [2.05, 4.69) is 39.8 Å². The van der Waals surface area contributed by atoms with Crippen LogP contribution in [0.3, 0.4) is 0 Å². The molecule has 1 fully saturated rings. The summed E-state index contributed by atoms with van der Waals surface area (Å²) in [6.45, 7) is 6.24. The summed E-state index contributed by atoms with van der Waals surface area (Å²) in [5.74, 6) is 0.494. The van der Waals surface area contributed by atoms with E-state index in [0.29, 0.717) is 29.1 Å². The molecule has 158 valence electrons. The van der Waals surface area contributed by atoms with Crippen LogP contribution in [-0.2, 0) is 0 Å². The Bertz CT molecular complexity index is 1040. The van der Waals surface area contributed by atoms with Crippen molar-refractivity contribution in [3.05, 3.63) is 42.0 Å². The van der Waals surface area contributed by atoms with Gasteiger partial charge in [0.15, 0.2) is 11.3 Å². The molecular weight excluding hydrogens is 378 g/mol. The Balaban J connectivity index is 1.67. The molecular formula is C22H29N7O. The maximum absolute atomic E-state index is 13.0. The fourth-order valence-electron chi connectivity index (χ4n) is 3.50. The number of carbonyl (C=O) groups is 1. The number of aromatic nitrogens is 4. The fourth-order valence-corrected chi connectivity index (χ4v) is 3.50. The van der Waals surface area contributed by atoms with E-state index in [4.69, 9.17) is 5.10 Å². The Morgan fingerprint density at radius 3 is 2.80 bits per heavy atom. The van der Waals surface area contributed by atoms with Gasteiger partial charge in [-0.1, -0.05) is 20.3 Å². The van der Waals surface area contributed by atoms with Crippen molar-refractivity contribution in [1.29, 1.82) is 0 Å². The van der Waals surface area contributed by atoms with Gasteiger partial charge in [0.1, 0.15) is 5.82 Å². The van der Waals surface area contributed by atoms with Crippen molar-refractivity contribution in [2.75, 3.05) is 16.0 Å². The largest absolute Gasteiger partial charge is 0.379 e. The number of carbonyl (C=O) groups excluding carboxylic acids is 1. The summed E-state index contributed by atoms with van der Waals surface area (Å²) in [5.41, 5.74) is 3.49. The molecule has 0 bridgehead atoms. The van der Waals surface area contributed by atoms with Gasteiger partial charge in [-0.2, -0.15) is 0 Å². The van der Waals surface area contributed by atoms with E-state index in [1.165, 1.54) is 0 Å². The molecule has 1 amide bonds. The Labute approximate surface area is 176 Å². The minimum atomic E-state index is -0.254. The number of nitrogens with one attached hydrogen (secondary N) is 3. The highest BCUT2D eigenvalue weighted by molar-refractivity contribution is 6.03. The van der Waals surface area contributed by atoms with E-state index in [9.17, 15) is 4.79 Å². The highest BCUT2D eigenvalue weighted by Gasteiger charge is 2.24. The number of rotatable bonds is 9. The summed E-state index contributed by atoms with van der Waals surface area (Å²) >= 11 is 0. The lowest BCUT2D eigenvalue weighted by atomic mass is 10.1. The Morgan fingerprint density at radius 1 is 1.27 bits per heavy atom. The standard InChI is InChI=1S/C22H29N7O/c1-4-6-15(5-2)26-20-12-18(25-16-7-8-16)21-24-13-19(29(21)28-20)22(30)27-17-9-10-23-14(3)11-17/h9-13,15-16,25H,4-8H2,1-3H3,(H,26,28)(H,23,27,30)/t15-/m1/s1. The van der Waals surface area contributed by atoms with Crippen molar-refractivity contribution in [3.63, 3.8) is 0 Å². The molecule has 3 heterocycles. The first-order valence-electron chi connectivity index (χ1n) is 10.7. The lowest BCUT2D eigenvalue weighted by Gasteiger charge is -2.18. The molecule has 3 aromatic heterocycles. The number of imidazole rings is 1. The third kappa shape index (κ3) is 4.53. The van der Waals surface area contributed by atoms with E-state index in [1.807, 2.05) is 19.1 Å². The van der Waals surface area contributed by atoms with Gasteiger partial charge in [-0.3, -0.25) is 9.78 Å². The lowest BCUT2D eigenvalue weighted by molar-refractivity contribution is 0.102. The number of anilines is 3. The number of nitrogens with zero attached hydrogens (tertiary/aromatic N) is 4. The van der Waals surface area contributed by atoms with Crippen LogP contribution in [0.25, 0.3) is 5.65 Å². The normalized spacial score (nSPS) is 14.5. The number of fused-ring (bicyclic) bond motifs is 1. The molecule has 0 aromatic carbocycles. The molecule has 0 aliphatic heterocycles. The number of aryl methyl sites for hydroxylation is 1. The van der Waals surface area contributed by atoms with Crippen LogP contribution in [-0.4, -0.2) is 37.6 Å². The first kappa shape index (κ1) is 20.1. The van der Waals surface area contributed by atoms with Crippen molar-refractivity contribution in [2.24, 2.45) is 0 Å². The molecule has 0 unspecified atom stereocenters. The quantitative estimate of drug-likeness (QED) is 0.491. The minimum absolute atomic E-state index is 0.254. The van der Waals surface area contributed by atoms with Crippen molar-refractivity contribution < 1.29 is 4.79 Å². The molecule has 30 heavy (non-hydrogen) atoms. The summed E-state index contributed by atoms with van der Waals surface area (Å²) in [4.78, 5) is 21.6. The third-order valence-electron chi connectivity index (χ3n) is 5.27. The van der Waals surface area contributed by atoms with Gasteiger partial charge in [0.2, 0.25) is 0 Å². The van der Waals surface area contributed by atoms with Crippen LogP contribution in [0.1, 0.15) is 62.1 Å². The first-order valence-corrected chi connectivity index (χ1v) is 10.7. The topological polar surface area (TPSA) is 96.2 Å². The maximum Gasteiger partial charge on any atom is 0.276 e. The van der Waals surface area contributed by atoms with E-state index < -0.39 is 0 Å². The van der Waals surface area contributed by atoms with Gasteiger partial charge in [-0.25, -0.2) is 9.50 Å². The van der Waals surface area contributed by atoms with E-state index in [-0.39, 0.29) is 5.91 Å². The molecule has 8 nitrogen and oxygen atoms in total. The highest BCUT2D eigenvalue weighted by Crippen LogP contribution is 2.29. The van der Waals surface area contributed by atoms with Crippen molar-refractivity contribution in [3.8, 4) is 0 Å². The zero-order chi connectivity index (χ0) is 21.1. The number of hydrogen-bond donors (Lipinski definition) is 3. The third-order valence-corrected chi connectivity index (χ3v) is 5.27. The van der Waals surface area contributed by atoms with Gasteiger partial charge < -0.3 is 16.0 Å². The highest BCUT2D eigenvalue weighted by atomic mass is 16.2. The summed E-state index contributed by atoms with van der Waals surface area (Å²) in [6, 6.07) is 6.42. The van der Waals surface area contributed by atoms with Crippen LogP contribution in [0.2, 0.25) is 0 Å². The molecule has 0 radical (unpaired) electrons. The first-order chi connectivity index (χ1) is 14.6. The lowest BCUT2D eigenvalue weighted by Crippen LogP contribution is -2.21. The molecule has 3 aromatic rings. The second-order valence-electron chi connectivity index (χ2n) is 7.92. The SMILES string of the molecule is CCC[C@@H](CC)Nc1cc(NC2CC2)c2ncc(C(=O)Nc3ccnc(C)c3)n2n1. The summed E-state index contributed by atoms with van der Waals surface area (Å²) in [7, 11) is 0. The molecule has 8 heteroatoms. The van der Waals surface area contributed by atoms with Gasteiger partial charge in [-0.05, 0) is 44.7 Å². The number of pyridine rings is 1. The van der Waals surface area contributed by atoms with Gasteiger partial charge in [0, 0.05) is 35.7 Å². The van der Waals surface area contributed by atoms with Crippen molar-refractivity contribution >= 4 is 28.7 Å². The summed E-state index contributed by atoms with van der Waals surface area (Å²) in [6.07, 6.45) is 8.75. The second-order valence-corrected chi connectivity index (χ2v) is 7.92. The fraction of sp³-hybridized carbons (Fsp3) is 0.455. The van der Waals surface area contributed by atoms with E-state index in [1.54, 1.807) is 23.0 Å². The van der Waals surface area contributed by atoms with Gasteiger partial charge in [0.25, 0.3) is 5.91 Å². The molecule has 4 rings (SSSR count). The monoisotopic (exact) mass is 407 g/mol. The maximum atomic E-state index is 13.0. The van der Waals surface area contributed by atoms with Crippen LogP contribution in [0.15, 0.2) is 30.6 Å². The zero-order valence-corrected chi connectivity index (χ0v) is 17.8. The molecule has 0 spiro atoms. The van der Waals surface area contributed by atoms with Crippen LogP contribution < -0.4 is 16.0 Å². The molecule has 3 N–H and O–H groups in total. The second kappa shape index (κ2) is 8.69. The molecule has 1 saturated carbocycles. The van der Waals surface area contributed by atoms with Gasteiger partial charge in [0.05, 0.1) is 11.9 Å². The van der Waals surface area contributed by atoms with Crippen LogP contribution in [0.5, 0.6) is 0 Å². The van der Waals surface area contributed by atoms with Gasteiger partial charge in [-0.15, -0.1) is 5.10 Å². The Morgan fingerprint density at radius 2 is 2.10 bits per heavy atom. The average molecular weight is 408 g/mol. The van der Waals surface area contributed by atoms with Crippen LogP contribution in [0, 0.1) is 6.92 Å². The number of amides is 1. The van der Waals surface area contributed by atoms with Gasteiger partial charge >= 0.3 is 0 Å². The van der Waals surface area contributed by atoms with Crippen molar-refractivity contribution in [1.82, 2.24) is 19.6 Å². The molecule has 1 aliphatic rings. The predicted octanol–water partition coefficient (Wildman–Crippen LogP) is 4.25. The Hall–Kier alpha value is -3.16. The smallest absolute Gasteiger partial charge is 0.276 e. The molecule has 1 aliphatic carbocycles. The molecule has 0 saturated heterocycles. The number of hydrogen-bond acceptors (Lipinski definition) is 6. The van der Waals surface area contributed by atoms with E-state index in [0.717, 1.165) is 49.3 Å². The summed E-state index contributed by atoms with van der Waals surface area (Å²) < 4.78 is 1.63. The summed E-state index contributed by atoms with van der Waals surface area (Å²) in [5, 5.41) is 14.7. The predicted molar refractivity (Wildman–Crippen MR) is 119 cm³/mol. The van der Waals surface area contributed by atoms with E-state index >= 15 is 0 Å². The average Bonchev–Trinajstić information content (AvgIpc) is 3.43. The molecule has 1 atom stereocenters. The van der Waals surface area contributed by atoms with Crippen molar-refractivity contribution in [2.45, 2.75) is 65.0 Å². The zero-order valence-electron chi connectivity index (χ0n) is 17.8. The van der Waals surface area contributed by atoms with Crippen LogP contribution >= 0.6 is 0 Å². The Kier molecular flexibility index (Phi) is 5.83. The minimum Gasteiger partial charge on any atom is -0.379 e.